The molecular weight excluding hydrogens is 260 g/mol. The van der Waals surface area contributed by atoms with Gasteiger partial charge in [0.05, 0.1) is 6.10 Å². The Morgan fingerprint density at radius 1 is 1.05 bits per heavy atom. The second-order valence-electron chi connectivity index (χ2n) is 6.81. The van der Waals surface area contributed by atoms with Crippen molar-refractivity contribution in [3.63, 3.8) is 0 Å². The van der Waals surface area contributed by atoms with Gasteiger partial charge in [-0.3, -0.25) is 9.80 Å². The Morgan fingerprint density at radius 2 is 1.95 bits per heavy atom. The van der Waals surface area contributed by atoms with E-state index in [0.29, 0.717) is 12.1 Å². The van der Waals surface area contributed by atoms with E-state index in [0.717, 1.165) is 19.2 Å². The summed E-state index contributed by atoms with van der Waals surface area (Å²) in [6, 6.07) is 12.4. The summed E-state index contributed by atoms with van der Waals surface area (Å²) in [6.07, 6.45) is 5.70. The van der Waals surface area contributed by atoms with Gasteiger partial charge in [0.25, 0.3) is 0 Å². The summed E-state index contributed by atoms with van der Waals surface area (Å²) in [4.78, 5) is 5.42. The van der Waals surface area contributed by atoms with Gasteiger partial charge in [-0.15, -0.1) is 0 Å². The van der Waals surface area contributed by atoms with Crippen LogP contribution in [0, 0.1) is 0 Å². The van der Waals surface area contributed by atoms with E-state index in [1.165, 1.54) is 50.9 Å². The summed E-state index contributed by atoms with van der Waals surface area (Å²) in [5.41, 5.74) is 1.47. The molecule has 0 spiro atoms. The van der Waals surface area contributed by atoms with E-state index < -0.39 is 0 Å². The summed E-state index contributed by atoms with van der Waals surface area (Å²) in [5.74, 6) is 0. The molecule has 0 radical (unpaired) electrons. The fourth-order valence-corrected chi connectivity index (χ4v) is 4.32. The monoisotopic (exact) mass is 286 g/mol. The Labute approximate surface area is 127 Å². The lowest BCUT2D eigenvalue weighted by Gasteiger charge is -2.44. The normalized spacial score (nSPS) is 34.2. The number of piperazine rings is 1. The molecule has 3 heterocycles. The average molecular weight is 286 g/mol. The van der Waals surface area contributed by atoms with Crippen LogP contribution < -0.4 is 0 Å². The van der Waals surface area contributed by atoms with Gasteiger partial charge in [-0.1, -0.05) is 30.3 Å². The van der Waals surface area contributed by atoms with Gasteiger partial charge in [0.15, 0.2) is 0 Å². The van der Waals surface area contributed by atoms with Crippen LogP contribution in [0.1, 0.15) is 37.3 Å². The number of hydrogen-bond donors (Lipinski definition) is 0. The van der Waals surface area contributed by atoms with E-state index >= 15 is 0 Å². The SMILES string of the molecule is c1ccc(C2CN3CCCC3CN2CC2CCCO2)cc1. The minimum Gasteiger partial charge on any atom is -0.377 e. The minimum absolute atomic E-state index is 0.462. The zero-order chi connectivity index (χ0) is 14.1. The van der Waals surface area contributed by atoms with Crippen molar-refractivity contribution in [3.8, 4) is 0 Å². The Hall–Kier alpha value is -0.900. The first-order valence-electron chi connectivity index (χ1n) is 8.55. The number of hydrogen-bond acceptors (Lipinski definition) is 3. The molecule has 3 fully saturated rings. The van der Waals surface area contributed by atoms with Crippen LogP contribution in [0.2, 0.25) is 0 Å². The van der Waals surface area contributed by atoms with Crippen LogP contribution in [-0.2, 0) is 4.74 Å². The molecule has 3 nitrogen and oxygen atoms in total. The highest BCUT2D eigenvalue weighted by Crippen LogP contribution is 2.33. The highest BCUT2D eigenvalue weighted by Gasteiger charge is 2.37. The van der Waals surface area contributed by atoms with E-state index in [1.807, 2.05) is 0 Å². The molecule has 0 bridgehead atoms. The molecule has 3 aliphatic heterocycles. The van der Waals surface area contributed by atoms with Crippen molar-refractivity contribution in [1.82, 2.24) is 9.80 Å². The van der Waals surface area contributed by atoms with Crippen LogP contribution in [0.25, 0.3) is 0 Å². The van der Waals surface area contributed by atoms with E-state index in [-0.39, 0.29) is 0 Å². The quantitative estimate of drug-likeness (QED) is 0.849. The Kier molecular flexibility index (Phi) is 3.97. The van der Waals surface area contributed by atoms with Gasteiger partial charge in [-0.2, -0.15) is 0 Å². The highest BCUT2D eigenvalue weighted by atomic mass is 16.5. The number of rotatable bonds is 3. The molecule has 1 aromatic carbocycles. The zero-order valence-electron chi connectivity index (χ0n) is 12.8. The Morgan fingerprint density at radius 3 is 2.76 bits per heavy atom. The Bertz CT molecular complexity index is 456. The first-order chi connectivity index (χ1) is 10.4. The molecule has 3 heteroatoms. The molecule has 0 amide bonds. The molecule has 0 N–H and O–H groups in total. The first kappa shape index (κ1) is 13.7. The van der Waals surface area contributed by atoms with Crippen LogP contribution in [-0.4, -0.2) is 54.7 Å². The summed E-state index contributed by atoms with van der Waals surface area (Å²) >= 11 is 0. The second kappa shape index (κ2) is 6.07. The minimum atomic E-state index is 0.462. The third-order valence-electron chi connectivity index (χ3n) is 5.44. The van der Waals surface area contributed by atoms with Gasteiger partial charge < -0.3 is 4.74 Å². The number of nitrogens with zero attached hydrogens (tertiary/aromatic N) is 2. The molecule has 3 atom stereocenters. The van der Waals surface area contributed by atoms with Crippen LogP contribution in [0.3, 0.4) is 0 Å². The molecule has 21 heavy (non-hydrogen) atoms. The standard InChI is InChI=1S/C18H26N2O/c1-2-6-15(7-3-1)18-14-19-10-4-8-16(19)12-20(18)13-17-9-5-11-21-17/h1-3,6-7,16-18H,4-5,8-14H2. The average Bonchev–Trinajstić information content (AvgIpc) is 3.18. The van der Waals surface area contributed by atoms with Crippen molar-refractivity contribution in [3.05, 3.63) is 35.9 Å². The molecule has 0 aliphatic carbocycles. The van der Waals surface area contributed by atoms with Crippen LogP contribution in [0.15, 0.2) is 30.3 Å². The van der Waals surface area contributed by atoms with Gasteiger partial charge >= 0.3 is 0 Å². The zero-order valence-corrected chi connectivity index (χ0v) is 12.8. The van der Waals surface area contributed by atoms with Crippen LogP contribution >= 0.6 is 0 Å². The third kappa shape index (κ3) is 2.87. The van der Waals surface area contributed by atoms with Crippen molar-refractivity contribution in [1.29, 1.82) is 0 Å². The summed E-state index contributed by atoms with van der Waals surface area (Å²) in [7, 11) is 0. The number of ether oxygens (including phenoxy) is 1. The van der Waals surface area contributed by atoms with E-state index in [2.05, 4.69) is 40.1 Å². The van der Waals surface area contributed by atoms with Gasteiger partial charge in [-0.05, 0) is 37.8 Å². The fraction of sp³-hybridized carbons (Fsp3) is 0.667. The van der Waals surface area contributed by atoms with Crippen molar-refractivity contribution in [2.45, 2.75) is 43.9 Å². The molecule has 3 unspecified atom stereocenters. The summed E-state index contributed by atoms with van der Waals surface area (Å²) in [5, 5.41) is 0. The molecule has 114 valence electrons. The fourth-order valence-electron chi connectivity index (χ4n) is 4.32. The molecule has 4 rings (SSSR count). The molecular formula is C18H26N2O. The van der Waals surface area contributed by atoms with Gasteiger partial charge in [0, 0.05) is 38.3 Å². The van der Waals surface area contributed by atoms with Gasteiger partial charge in [0.2, 0.25) is 0 Å². The first-order valence-corrected chi connectivity index (χ1v) is 8.55. The lowest BCUT2D eigenvalue weighted by Crippen LogP contribution is -2.53. The molecule has 1 aromatic rings. The topological polar surface area (TPSA) is 15.7 Å². The largest absolute Gasteiger partial charge is 0.377 e. The second-order valence-corrected chi connectivity index (χ2v) is 6.81. The third-order valence-corrected chi connectivity index (χ3v) is 5.44. The maximum Gasteiger partial charge on any atom is 0.0703 e. The summed E-state index contributed by atoms with van der Waals surface area (Å²) in [6.45, 7) is 5.79. The highest BCUT2D eigenvalue weighted by molar-refractivity contribution is 5.20. The number of fused-ring (bicyclic) bond motifs is 1. The lowest BCUT2D eigenvalue weighted by atomic mass is 9.99. The molecule has 0 saturated carbocycles. The lowest BCUT2D eigenvalue weighted by molar-refractivity contribution is 0.00597. The molecule has 3 aliphatic rings. The number of benzene rings is 1. The predicted molar refractivity (Wildman–Crippen MR) is 84.3 cm³/mol. The molecule has 0 aromatic heterocycles. The van der Waals surface area contributed by atoms with Crippen molar-refractivity contribution in [2.24, 2.45) is 0 Å². The van der Waals surface area contributed by atoms with E-state index in [1.54, 1.807) is 0 Å². The predicted octanol–water partition coefficient (Wildman–Crippen LogP) is 2.69. The maximum absolute atomic E-state index is 5.90. The van der Waals surface area contributed by atoms with Gasteiger partial charge in [0.1, 0.15) is 0 Å². The maximum atomic E-state index is 5.90. The van der Waals surface area contributed by atoms with Gasteiger partial charge in [-0.25, -0.2) is 0 Å². The van der Waals surface area contributed by atoms with Crippen molar-refractivity contribution in [2.75, 3.05) is 32.8 Å². The Balaban J connectivity index is 1.54. The van der Waals surface area contributed by atoms with Crippen molar-refractivity contribution >= 4 is 0 Å². The van der Waals surface area contributed by atoms with Crippen LogP contribution in [0.5, 0.6) is 0 Å². The summed E-state index contributed by atoms with van der Waals surface area (Å²) < 4.78 is 5.90. The van der Waals surface area contributed by atoms with Crippen molar-refractivity contribution < 1.29 is 4.74 Å². The van der Waals surface area contributed by atoms with Crippen LogP contribution in [0.4, 0.5) is 0 Å². The van der Waals surface area contributed by atoms with E-state index in [4.69, 9.17) is 4.74 Å². The smallest absolute Gasteiger partial charge is 0.0703 e. The molecule has 3 saturated heterocycles. The van der Waals surface area contributed by atoms with E-state index in [9.17, 15) is 0 Å².